The second kappa shape index (κ2) is 4.72. The van der Waals surface area contributed by atoms with Gasteiger partial charge in [-0.15, -0.1) is 0 Å². The minimum atomic E-state index is -0.199. The van der Waals surface area contributed by atoms with Gasteiger partial charge < -0.3 is 10.4 Å². The number of hydrogen-bond donors (Lipinski definition) is 3. The minimum absolute atomic E-state index is 0.0756. The molecule has 0 radical (unpaired) electrons. The van der Waals surface area contributed by atoms with Gasteiger partial charge >= 0.3 is 0 Å². The molecule has 0 saturated heterocycles. The Balaban J connectivity index is 1.75. The maximum Gasteiger partial charge on any atom is 0.237 e. The van der Waals surface area contributed by atoms with Crippen LogP contribution in [0.5, 0.6) is 0 Å². The normalized spacial score (nSPS) is 25.4. The molecule has 0 bridgehead atoms. The van der Waals surface area contributed by atoms with Crippen molar-refractivity contribution in [3.8, 4) is 0 Å². The topological polar surface area (TPSA) is 61.4 Å². The van der Waals surface area contributed by atoms with Crippen LogP contribution in [0, 0.1) is 0 Å². The van der Waals surface area contributed by atoms with E-state index in [-0.39, 0.29) is 24.1 Å². The Labute approximate surface area is 96.8 Å². The molecule has 0 aromatic rings. The van der Waals surface area contributed by atoms with Gasteiger partial charge in [0.05, 0.1) is 12.6 Å². The highest BCUT2D eigenvalue weighted by Crippen LogP contribution is 2.35. The smallest absolute Gasteiger partial charge is 0.237 e. The van der Waals surface area contributed by atoms with Gasteiger partial charge in [-0.25, -0.2) is 0 Å². The van der Waals surface area contributed by atoms with Crippen LogP contribution in [0.15, 0.2) is 0 Å². The number of rotatable bonds is 5. The molecule has 2 aliphatic rings. The van der Waals surface area contributed by atoms with Gasteiger partial charge in [0, 0.05) is 11.6 Å². The van der Waals surface area contributed by atoms with Gasteiger partial charge in [-0.1, -0.05) is 12.8 Å². The number of aliphatic hydroxyl groups is 1. The van der Waals surface area contributed by atoms with E-state index < -0.39 is 0 Å². The maximum absolute atomic E-state index is 11.9. The van der Waals surface area contributed by atoms with Crippen molar-refractivity contribution in [1.29, 1.82) is 0 Å². The zero-order valence-electron chi connectivity index (χ0n) is 9.96. The van der Waals surface area contributed by atoms with E-state index in [1.165, 1.54) is 12.8 Å². The lowest BCUT2D eigenvalue weighted by Crippen LogP contribution is -2.51. The summed E-state index contributed by atoms with van der Waals surface area (Å²) in [4.78, 5) is 11.9. The van der Waals surface area contributed by atoms with E-state index in [0.29, 0.717) is 6.04 Å². The van der Waals surface area contributed by atoms with Crippen molar-refractivity contribution in [1.82, 2.24) is 10.6 Å². The van der Waals surface area contributed by atoms with Crippen molar-refractivity contribution in [3.05, 3.63) is 0 Å². The summed E-state index contributed by atoms with van der Waals surface area (Å²) in [7, 11) is 0. The molecule has 4 heteroatoms. The zero-order chi connectivity index (χ0) is 11.6. The van der Waals surface area contributed by atoms with E-state index in [1.54, 1.807) is 0 Å². The number of hydrogen-bond acceptors (Lipinski definition) is 3. The third kappa shape index (κ3) is 2.74. The summed E-state index contributed by atoms with van der Waals surface area (Å²) in [6.07, 6.45) is 6.64. The first kappa shape index (κ1) is 11.9. The van der Waals surface area contributed by atoms with Crippen LogP contribution in [0.2, 0.25) is 0 Å². The third-order valence-electron chi connectivity index (χ3n) is 3.77. The Kier molecular flexibility index (Phi) is 3.50. The first-order valence-electron chi connectivity index (χ1n) is 6.34. The van der Waals surface area contributed by atoms with Crippen LogP contribution in [-0.4, -0.2) is 35.2 Å². The molecule has 16 heavy (non-hydrogen) atoms. The quantitative estimate of drug-likeness (QED) is 0.641. The van der Waals surface area contributed by atoms with Gasteiger partial charge in [-0.05, 0) is 32.6 Å². The first-order chi connectivity index (χ1) is 7.65. The molecule has 1 amide bonds. The highest BCUT2D eigenvalue weighted by molar-refractivity contribution is 5.81. The minimum Gasteiger partial charge on any atom is -0.394 e. The fraction of sp³-hybridized carbons (Fsp3) is 0.917. The highest BCUT2D eigenvalue weighted by atomic mass is 16.3. The molecule has 2 saturated carbocycles. The molecule has 3 N–H and O–H groups in total. The standard InChI is InChI=1S/C12H22N2O2/c1-9(14-12(8-15)6-7-12)11(16)13-10-4-2-3-5-10/h9-10,14-15H,2-8H2,1H3,(H,13,16). The van der Waals surface area contributed by atoms with Gasteiger partial charge in [0.1, 0.15) is 0 Å². The van der Waals surface area contributed by atoms with E-state index in [9.17, 15) is 9.90 Å². The van der Waals surface area contributed by atoms with Crippen molar-refractivity contribution < 1.29 is 9.90 Å². The summed E-state index contributed by atoms with van der Waals surface area (Å²) in [5.74, 6) is 0.0756. The van der Waals surface area contributed by atoms with Crippen LogP contribution in [0.25, 0.3) is 0 Å². The lowest BCUT2D eigenvalue weighted by atomic mass is 10.2. The lowest BCUT2D eigenvalue weighted by Gasteiger charge is -2.22. The first-order valence-corrected chi connectivity index (χ1v) is 6.34. The largest absolute Gasteiger partial charge is 0.394 e. The molecule has 2 aliphatic carbocycles. The van der Waals surface area contributed by atoms with E-state index in [2.05, 4.69) is 10.6 Å². The van der Waals surface area contributed by atoms with Crippen molar-refractivity contribution in [2.45, 2.75) is 63.1 Å². The Morgan fingerprint density at radius 3 is 2.56 bits per heavy atom. The molecular weight excluding hydrogens is 204 g/mol. The second-order valence-electron chi connectivity index (χ2n) is 5.29. The molecule has 1 atom stereocenters. The van der Waals surface area contributed by atoms with Crippen LogP contribution < -0.4 is 10.6 Å². The van der Waals surface area contributed by atoms with Crippen LogP contribution in [0.4, 0.5) is 0 Å². The molecule has 2 rings (SSSR count). The summed E-state index contributed by atoms with van der Waals surface area (Å²) in [6, 6.07) is 0.177. The van der Waals surface area contributed by atoms with Gasteiger partial charge in [-0.3, -0.25) is 10.1 Å². The molecule has 0 aliphatic heterocycles. The maximum atomic E-state index is 11.9. The molecule has 0 spiro atoms. The number of aliphatic hydroxyl groups excluding tert-OH is 1. The number of carbonyl (C=O) groups is 1. The molecule has 1 unspecified atom stereocenters. The van der Waals surface area contributed by atoms with Crippen molar-refractivity contribution >= 4 is 5.91 Å². The summed E-state index contributed by atoms with van der Waals surface area (Å²) in [6.45, 7) is 2.01. The molecule has 2 fully saturated rings. The van der Waals surface area contributed by atoms with Gasteiger partial charge in [-0.2, -0.15) is 0 Å². The predicted molar refractivity (Wildman–Crippen MR) is 62.0 cm³/mol. The summed E-state index contributed by atoms with van der Waals surface area (Å²) < 4.78 is 0. The van der Waals surface area contributed by atoms with E-state index in [4.69, 9.17) is 0 Å². The Morgan fingerprint density at radius 1 is 1.44 bits per heavy atom. The zero-order valence-corrected chi connectivity index (χ0v) is 9.96. The van der Waals surface area contributed by atoms with E-state index in [1.807, 2.05) is 6.92 Å². The molecule has 92 valence electrons. The predicted octanol–water partition coefficient (Wildman–Crippen LogP) is 0.548. The van der Waals surface area contributed by atoms with Crippen LogP contribution >= 0.6 is 0 Å². The van der Waals surface area contributed by atoms with Crippen molar-refractivity contribution in [2.24, 2.45) is 0 Å². The number of carbonyl (C=O) groups excluding carboxylic acids is 1. The van der Waals surface area contributed by atoms with Crippen LogP contribution in [0.1, 0.15) is 45.4 Å². The Morgan fingerprint density at radius 2 is 2.06 bits per heavy atom. The van der Waals surface area contributed by atoms with Gasteiger partial charge in [0.2, 0.25) is 5.91 Å². The average Bonchev–Trinajstić information content (AvgIpc) is 2.85. The molecule has 0 heterocycles. The monoisotopic (exact) mass is 226 g/mol. The fourth-order valence-corrected chi connectivity index (χ4v) is 2.42. The molecule has 4 nitrogen and oxygen atoms in total. The van der Waals surface area contributed by atoms with E-state index >= 15 is 0 Å². The molecule has 0 aromatic heterocycles. The summed E-state index contributed by atoms with van der Waals surface area (Å²) in [5.41, 5.74) is -0.160. The highest BCUT2D eigenvalue weighted by Gasteiger charge is 2.43. The summed E-state index contributed by atoms with van der Waals surface area (Å²) in [5, 5.41) is 15.5. The SMILES string of the molecule is CC(NC1(CO)CC1)C(=O)NC1CCCC1. The average molecular weight is 226 g/mol. The lowest BCUT2D eigenvalue weighted by molar-refractivity contribution is -0.123. The Hall–Kier alpha value is -0.610. The second-order valence-corrected chi connectivity index (χ2v) is 5.29. The van der Waals surface area contributed by atoms with Crippen LogP contribution in [0.3, 0.4) is 0 Å². The van der Waals surface area contributed by atoms with Crippen molar-refractivity contribution in [2.75, 3.05) is 6.61 Å². The van der Waals surface area contributed by atoms with Crippen LogP contribution in [-0.2, 0) is 4.79 Å². The van der Waals surface area contributed by atoms with Crippen molar-refractivity contribution in [3.63, 3.8) is 0 Å². The van der Waals surface area contributed by atoms with E-state index in [0.717, 1.165) is 25.7 Å². The molecule has 0 aromatic carbocycles. The van der Waals surface area contributed by atoms with Gasteiger partial charge in [0.15, 0.2) is 0 Å². The number of amides is 1. The third-order valence-corrected chi connectivity index (χ3v) is 3.77. The fourth-order valence-electron chi connectivity index (χ4n) is 2.42. The number of nitrogens with one attached hydrogen (secondary N) is 2. The molecular formula is C12H22N2O2. The summed E-state index contributed by atoms with van der Waals surface area (Å²) >= 11 is 0. The van der Waals surface area contributed by atoms with Gasteiger partial charge in [0.25, 0.3) is 0 Å². The Bertz CT molecular complexity index is 258.